The van der Waals surface area contributed by atoms with Crippen LogP contribution in [-0.2, 0) is 9.47 Å². The van der Waals surface area contributed by atoms with Gasteiger partial charge in [-0.15, -0.1) is 0 Å². The summed E-state index contributed by atoms with van der Waals surface area (Å²) in [5.74, 6) is -0.582. The SMILES string of the molecule is CCOCCOCCC(=N)[O-]. The molecule has 4 heteroatoms. The zero-order valence-electron chi connectivity index (χ0n) is 6.76. The average molecular weight is 160 g/mol. The zero-order chi connectivity index (χ0) is 8.53. The van der Waals surface area contributed by atoms with Crippen LogP contribution in [-0.4, -0.2) is 32.3 Å². The maximum atomic E-state index is 10.1. The van der Waals surface area contributed by atoms with E-state index in [-0.39, 0.29) is 6.42 Å². The first-order valence-electron chi connectivity index (χ1n) is 3.67. The van der Waals surface area contributed by atoms with Gasteiger partial charge in [-0.2, -0.15) is 0 Å². The van der Waals surface area contributed by atoms with Crippen molar-refractivity contribution in [2.75, 3.05) is 26.4 Å². The molecule has 0 radical (unpaired) electrons. The fourth-order valence-corrected chi connectivity index (χ4v) is 0.529. The summed E-state index contributed by atoms with van der Waals surface area (Å²) in [6, 6.07) is 0. The molecular weight excluding hydrogens is 146 g/mol. The van der Waals surface area contributed by atoms with Crippen molar-refractivity contribution in [3.63, 3.8) is 0 Å². The van der Waals surface area contributed by atoms with E-state index in [1.807, 2.05) is 6.92 Å². The minimum Gasteiger partial charge on any atom is -0.862 e. The van der Waals surface area contributed by atoms with Crippen molar-refractivity contribution in [1.82, 2.24) is 0 Å². The van der Waals surface area contributed by atoms with Crippen LogP contribution in [0.1, 0.15) is 13.3 Å². The van der Waals surface area contributed by atoms with Crippen molar-refractivity contribution in [3.8, 4) is 0 Å². The van der Waals surface area contributed by atoms with Gasteiger partial charge in [-0.3, -0.25) is 0 Å². The molecular formula is C7H14NO3-. The first kappa shape index (κ1) is 10.4. The number of ether oxygens (including phenoxy) is 2. The van der Waals surface area contributed by atoms with Crippen LogP contribution in [0.2, 0.25) is 0 Å². The lowest BCUT2D eigenvalue weighted by Gasteiger charge is -2.07. The van der Waals surface area contributed by atoms with Gasteiger partial charge in [-0.05, 0) is 19.2 Å². The van der Waals surface area contributed by atoms with Gasteiger partial charge in [0, 0.05) is 6.61 Å². The van der Waals surface area contributed by atoms with Crippen LogP contribution in [0, 0.1) is 5.41 Å². The number of nitrogens with one attached hydrogen (secondary N) is 1. The van der Waals surface area contributed by atoms with Crippen LogP contribution in [0.4, 0.5) is 0 Å². The van der Waals surface area contributed by atoms with Crippen molar-refractivity contribution in [2.45, 2.75) is 13.3 Å². The summed E-state index contributed by atoms with van der Waals surface area (Å²) >= 11 is 0. The van der Waals surface area contributed by atoms with Gasteiger partial charge in [-0.1, -0.05) is 0 Å². The summed E-state index contributed by atoms with van der Waals surface area (Å²) in [4.78, 5) is 0. The van der Waals surface area contributed by atoms with Gasteiger partial charge in [0.15, 0.2) is 0 Å². The zero-order valence-corrected chi connectivity index (χ0v) is 6.76. The normalized spacial score (nSPS) is 9.91. The molecule has 0 atom stereocenters. The van der Waals surface area contributed by atoms with Crippen LogP contribution in [0.5, 0.6) is 0 Å². The summed E-state index contributed by atoms with van der Waals surface area (Å²) in [6.07, 6.45) is 0.173. The van der Waals surface area contributed by atoms with Crippen molar-refractivity contribution in [1.29, 1.82) is 5.41 Å². The van der Waals surface area contributed by atoms with E-state index in [0.717, 1.165) is 0 Å². The number of hydrogen-bond donors (Lipinski definition) is 1. The monoisotopic (exact) mass is 160 g/mol. The molecule has 0 aliphatic carbocycles. The molecule has 0 saturated heterocycles. The third kappa shape index (κ3) is 9.39. The Morgan fingerprint density at radius 2 is 1.91 bits per heavy atom. The minimum absolute atomic E-state index is 0.173. The first-order chi connectivity index (χ1) is 5.27. The second-order valence-corrected chi connectivity index (χ2v) is 1.98. The van der Waals surface area contributed by atoms with E-state index in [9.17, 15) is 5.11 Å². The molecule has 0 aromatic carbocycles. The summed E-state index contributed by atoms with van der Waals surface area (Å²) in [6.45, 7) is 3.98. The molecule has 0 aliphatic heterocycles. The van der Waals surface area contributed by atoms with Gasteiger partial charge in [0.1, 0.15) is 0 Å². The van der Waals surface area contributed by atoms with Crippen LogP contribution in [0.25, 0.3) is 0 Å². The highest BCUT2D eigenvalue weighted by Gasteiger charge is 1.87. The van der Waals surface area contributed by atoms with Crippen molar-refractivity contribution in [2.24, 2.45) is 0 Å². The Bertz CT molecular complexity index is 106. The van der Waals surface area contributed by atoms with E-state index in [1.165, 1.54) is 0 Å². The molecule has 66 valence electrons. The molecule has 0 rings (SSSR count). The molecule has 0 fully saturated rings. The highest BCUT2D eigenvalue weighted by molar-refractivity contribution is 5.67. The quantitative estimate of drug-likeness (QED) is 0.318. The maximum Gasteiger partial charge on any atom is 0.0700 e. The predicted octanol–water partition coefficient (Wildman–Crippen LogP) is -0.233. The minimum atomic E-state index is -0.582. The standard InChI is InChI=1S/C7H15NO3/c1-2-10-5-6-11-4-3-7(8)9/h2-6H2,1H3,(H2,8,9)/p-1. The molecule has 0 aromatic heterocycles. The van der Waals surface area contributed by atoms with Crippen molar-refractivity contribution in [3.05, 3.63) is 0 Å². The fraction of sp³-hybridized carbons (Fsp3) is 0.857. The predicted molar refractivity (Wildman–Crippen MR) is 39.7 cm³/mol. The van der Waals surface area contributed by atoms with Crippen molar-refractivity contribution < 1.29 is 14.6 Å². The van der Waals surface area contributed by atoms with E-state index >= 15 is 0 Å². The molecule has 0 heterocycles. The van der Waals surface area contributed by atoms with Crippen LogP contribution < -0.4 is 5.11 Å². The molecule has 0 spiro atoms. The Hall–Kier alpha value is -0.610. The Kier molecular flexibility index (Phi) is 7.08. The second-order valence-electron chi connectivity index (χ2n) is 1.98. The molecule has 0 saturated carbocycles. The number of rotatable bonds is 7. The Morgan fingerprint density at radius 3 is 2.45 bits per heavy atom. The molecule has 0 aliphatic rings. The van der Waals surface area contributed by atoms with Crippen LogP contribution >= 0.6 is 0 Å². The van der Waals surface area contributed by atoms with E-state index in [1.54, 1.807) is 0 Å². The fourth-order valence-electron chi connectivity index (χ4n) is 0.529. The lowest BCUT2D eigenvalue weighted by atomic mass is 10.5. The molecule has 0 unspecified atom stereocenters. The average Bonchev–Trinajstić information content (AvgIpc) is 1.96. The summed E-state index contributed by atoms with van der Waals surface area (Å²) in [5.41, 5.74) is 0. The Balaban J connectivity index is 2.85. The second kappa shape index (κ2) is 7.50. The smallest absolute Gasteiger partial charge is 0.0700 e. The maximum absolute atomic E-state index is 10.1. The van der Waals surface area contributed by atoms with E-state index in [0.29, 0.717) is 26.4 Å². The lowest BCUT2D eigenvalue weighted by molar-refractivity contribution is -0.221. The van der Waals surface area contributed by atoms with Gasteiger partial charge in [0.2, 0.25) is 0 Å². The third-order valence-electron chi connectivity index (χ3n) is 1.05. The highest BCUT2D eigenvalue weighted by atomic mass is 16.5. The Labute approximate surface area is 66.6 Å². The molecule has 0 aromatic rings. The summed E-state index contributed by atoms with van der Waals surface area (Å²) in [5, 5.41) is 16.6. The van der Waals surface area contributed by atoms with Crippen LogP contribution in [0.3, 0.4) is 0 Å². The molecule has 0 amide bonds. The summed E-state index contributed by atoms with van der Waals surface area (Å²) < 4.78 is 9.96. The molecule has 11 heavy (non-hydrogen) atoms. The van der Waals surface area contributed by atoms with E-state index < -0.39 is 5.90 Å². The largest absolute Gasteiger partial charge is 0.862 e. The van der Waals surface area contributed by atoms with E-state index in [2.05, 4.69) is 0 Å². The third-order valence-corrected chi connectivity index (χ3v) is 1.05. The molecule has 1 N–H and O–H groups in total. The lowest BCUT2D eigenvalue weighted by Crippen LogP contribution is -2.18. The topological polar surface area (TPSA) is 65.4 Å². The van der Waals surface area contributed by atoms with Crippen molar-refractivity contribution >= 4 is 5.90 Å². The Morgan fingerprint density at radius 1 is 1.27 bits per heavy atom. The van der Waals surface area contributed by atoms with E-state index in [4.69, 9.17) is 14.9 Å². The van der Waals surface area contributed by atoms with Gasteiger partial charge in [0.25, 0.3) is 0 Å². The van der Waals surface area contributed by atoms with Gasteiger partial charge in [0.05, 0.1) is 19.8 Å². The van der Waals surface area contributed by atoms with Gasteiger partial charge in [-0.25, -0.2) is 0 Å². The molecule has 4 nitrogen and oxygen atoms in total. The first-order valence-corrected chi connectivity index (χ1v) is 3.67. The summed E-state index contributed by atoms with van der Waals surface area (Å²) in [7, 11) is 0. The van der Waals surface area contributed by atoms with Crippen LogP contribution in [0.15, 0.2) is 0 Å². The van der Waals surface area contributed by atoms with Gasteiger partial charge >= 0.3 is 0 Å². The molecule has 0 bridgehead atoms. The number of hydrogen-bond acceptors (Lipinski definition) is 4. The highest BCUT2D eigenvalue weighted by Crippen LogP contribution is 1.82. The van der Waals surface area contributed by atoms with Gasteiger partial charge < -0.3 is 20.0 Å².